The molecule has 0 aliphatic carbocycles. The Balaban J connectivity index is 1.72. The molecule has 24 heavy (non-hydrogen) atoms. The number of carbonyl (C=O) groups is 1. The molecule has 0 radical (unpaired) electrons. The number of thiophene rings is 1. The smallest absolute Gasteiger partial charge is 0.328 e. The van der Waals surface area contributed by atoms with Gasteiger partial charge in [-0.3, -0.25) is 0 Å². The third-order valence-corrected chi connectivity index (χ3v) is 4.82. The van der Waals surface area contributed by atoms with Gasteiger partial charge in [0.15, 0.2) is 11.5 Å². The van der Waals surface area contributed by atoms with Gasteiger partial charge in [0.25, 0.3) is 0 Å². The minimum Gasteiger partial charge on any atom is -0.464 e. The van der Waals surface area contributed by atoms with Crippen molar-refractivity contribution in [2.75, 3.05) is 18.1 Å². The molecule has 0 bridgehead atoms. The number of esters is 1. The van der Waals surface area contributed by atoms with Crippen molar-refractivity contribution in [1.29, 1.82) is 0 Å². The highest BCUT2D eigenvalue weighted by Crippen LogP contribution is 2.26. The van der Waals surface area contributed by atoms with Crippen molar-refractivity contribution in [2.24, 2.45) is 0 Å². The fourth-order valence-electron chi connectivity index (χ4n) is 3.03. The van der Waals surface area contributed by atoms with Crippen molar-refractivity contribution in [3.8, 4) is 11.4 Å². The maximum atomic E-state index is 12.2. The molecule has 3 aromatic heterocycles. The largest absolute Gasteiger partial charge is 0.464 e. The van der Waals surface area contributed by atoms with Gasteiger partial charge in [0, 0.05) is 17.5 Å². The highest BCUT2D eigenvalue weighted by molar-refractivity contribution is 7.08. The highest BCUT2D eigenvalue weighted by Gasteiger charge is 2.33. The zero-order valence-electron chi connectivity index (χ0n) is 13.3. The maximum absolute atomic E-state index is 12.2. The van der Waals surface area contributed by atoms with E-state index in [2.05, 4.69) is 15.3 Å². The summed E-state index contributed by atoms with van der Waals surface area (Å²) in [6.07, 6.45) is 1.74. The zero-order chi connectivity index (χ0) is 16.5. The number of hydrogen-bond donors (Lipinski definition) is 0. The fraction of sp³-hybridized carbons (Fsp3) is 0.375. The van der Waals surface area contributed by atoms with Crippen molar-refractivity contribution in [3.63, 3.8) is 0 Å². The molecule has 1 aliphatic heterocycles. The van der Waals surface area contributed by atoms with Gasteiger partial charge in [-0.15, -0.1) is 15.3 Å². The molecular formula is C16H17N5O2S. The normalized spacial score (nSPS) is 17.5. The van der Waals surface area contributed by atoms with E-state index in [4.69, 9.17) is 4.74 Å². The predicted molar refractivity (Wildman–Crippen MR) is 91.1 cm³/mol. The van der Waals surface area contributed by atoms with Gasteiger partial charge >= 0.3 is 5.97 Å². The first-order valence-corrected chi connectivity index (χ1v) is 8.90. The van der Waals surface area contributed by atoms with Crippen LogP contribution in [0, 0.1) is 0 Å². The minimum absolute atomic E-state index is 0.182. The number of rotatable bonds is 4. The van der Waals surface area contributed by atoms with Gasteiger partial charge < -0.3 is 9.64 Å². The van der Waals surface area contributed by atoms with Crippen molar-refractivity contribution >= 4 is 28.8 Å². The first-order chi connectivity index (χ1) is 11.8. The summed E-state index contributed by atoms with van der Waals surface area (Å²) >= 11 is 1.61. The van der Waals surface area contributed by atoms with E-state index in [1.165, 1.54) is 0 Å². The molecular weight excluding hydrogens is 326 g/mol. The van der Waals surface area contributed by atoms with E-state index in [1.54, 1.807) is 15.9 Å². The van der Waals surface area contributed by atoms with Crippen LogP contribution in [0.15, 0.2) is 29.0 Å². The second kappa shape index (κ2) is 6.20. The molecule has 7 nitrogen and oxygen atoms in total. The van der Waals surface area contributed by atoms with E-state index in [1.807, 2.05) is 40.8 Å². The molecule has 0 spiro atoms. The Morgan fingerprint density at radius 3 is 3.08 bits per heavy atom. The van der Waals surface area contributed by atoms with Gasteiger partial charge in [-0.1, -0.05) is 0 Å². The van der Waals surface area contributed by atoms with Gasteiger partial charge in [-0.05, 0) is 43.3 Å². The standard InChI is InChI=1S/C16H17N5O2S/c1-2-23-16(22)12-4-3-8-20(12)14-6-5-13-17-18-15(21(13)19-14)11-7-9-24-10-11/h5-7,9-10,12H,2-4,8H2,1H3/t12-/m1/s1. The molecule has 0 aromatic carbocycles. The number of anilines is 1. The summed E-state index contributed by atoms with van der Waals surface area (Å²) in [4.78, 5) is 14.2. The summed E-state index contributed by atoms with van der Waals surface area (Å²) in [5.74, 6) is 1.27. The molecule has 1 atom stereocenters. The van der Waals surface area contributed by atoms with Crippen molar-refractivity contribution in [1.82, 2.24) is 19.8 Å². The third kappa shape index (κ3) is 2.52. The van der Waals surface area contributed by atoms with Crippen LogP contribution in [-0.2, 0) is 9.53 Å². The maximum Gasteiger partial charge on any atom is 0.328 e. The number of fused-ring (bicyclic) bond motifs is 1. The van der Waals surface area contributed by atoms with Gasteiger partial charge in [-0.2, -0.15) is 15.9 Å². The molecule has 8 heteroatoms. The van der Waals surface area contributed by atoms with Crippen LogP contribution in [-0.4, -0.2) is 45.0 Å². The van der Waals surface area contributed by atoms with Crippen LogP contribution < -0.4 is 4.90 Å². The van der Waals surface area contributed by atoms with Gasteiger partial charge in [0.05, 0.1) is 6.61 Å². The number of carbonyl (C=O) groups excluding carboxylic acids is 1. The molecule has 3 aromatic rings. The van der Waals surface area contributed by atoms with E-state index >= 15 is 0 Å². The summed E-state index contributed by atoms with van der Waals surface area (Å²) < 4.78 is 6.93. The summed E-state index contributed by atoms with van der Waals surface area (Å²) in [6.45, 7) is 3.01. The Labute approximate surface area is 142 Å². The molecule has 4 heterocycles. The lowest BCUT2D eigenvalue weighted by molar-refractivity contribution is -0.144. The average Bonchev–Trinajstić information content (AvgIpc) is 3.33. The molecule has 0 saturated carbocycles. The second-order valence-electron chi connectivity index (χ2n) is 5.60. The minimum atomic E-state index is -0.268. The van der Waals surface area contributed by atoms with Crippen LogP contribution in [0.3, 0.4) is 0 Å². The number of aromatic nitrogens is 4. The Morgan fingerprint density at radius 2 is 2.29 bits per heavy atom. The molecule has 0 amide bonds. The van der Waals surface area contributed by atoms with Crippen molar-refractivity contribution in [2.45, 2.75) is 25.8 Å². The number of hydrogen-bond acceptors (Lipinski definition) is 7. The number of ether oxygens (including phenoxy) is 1. The first-order valence-electron chi connectivity index (χ1n) is 7.96. The van der Waals surface area contributed by atoms with E-state index < -0.39 is 0 Å². The van der Waals surface area contributed by atoms with Crippen molar-refractivity contribution < 1.29 is 9.53 Å². The molecule has 1 saturated heterocycles. The number of nitrogens with zero attached hydrogens (tertiary/aromatic N) is 5. The molecule has 124 valence electrons. The summed E-state index contributed by atoms with van der Waals surface area (Å²) in [6, 6.07) is 5.49. The lowest BCUT2D eigenvalue weighted by Crippen LogP contribution is -2.38. The molecule has 1 aliphatic rings. The SMILES string of the molecule is CCOC(=O)[C@H]1CCCN1c1ccc2nnc(-c3ccsc3)n2n1. The average molecular weight is 343 g/mol. The second-order valence-corrected chi connectivity index (χ2v) is 6.38. The fourth-order valence-corrected chi connectivity index (χ4v) is 3.66. The molecule has 1 fully saturated rings. The topological polar surface area (TPSA) is 72.6 Å². The Morgan fingerprint density at radius 1 is 1.38 bits per heavy atom. The lowest BCUT2D eigenvalue weighted by atomic mass is 10.2. The Hall–Kier alpha value is -2.48. The van der Waals surface area contributed by atoms with E-state index in [-0.39, 0.29) is 12.0 Å². The molecule has 0 unspecified atom stereocenters. The van der Waals surface area contributed by atoms with Gasteiger partial charge in [-0.25, -0.2) is 4.79 Å². The van der Waals surface area contributed by atoms with Crippen LogP contribution in [0.25, 0.3) is 17.0 Å². The van der Waals surface area contributed by atoms with Gasteiger partial charge in [0.2, 0.25) is 0 Å². The quantitative estimate of drug-likeness (QED) is 0.677. The highest BCUT2D eigenvalue weighted by atomic mass is 32.1. The summed E-state index contributed by atoms with van der Waals surface area (Å²) in [7, 11) is 0. The lowest BCUT2D eigenvalue weighted by Gasteiger charge is -2.23. The van der Waals surface area contributed by atoms with Crippen LogP contribution in [0.1, 0.15) is 19.8 Å². The first kappa shape index (κ1) is 15.1. The third-order valence-electron chi connectivity index (χ3n) is 4.13. The monoisotopic (exact) mass is 343 g/mol. The van der Waals surface area contributed by atoms with Gasteiger partial charge in [0.1, 0.15) is 11.9 Å². The van der Waals surface area contributed by atoms with Crippen LogP contribution in [0.4, 0.5) is 5.82 Å². The molecule has 0 N–H and O–H groups in total. The van der Waals surface area contributed by atoms with Crippen LogP contribution >= 0.6 is 11.3 Å². The van der Waals surface area contributed by atoms with Crippen molar-refractivity contribution in [3.05, 3.63) is 29.0 Å². The molecule has 4 rings (SSSR count). The summed E-state index contributed by atoms with van der Waals surface area (Å²) in [5.41, 5.74) is 1.67. The van der Waals surface area contributed by atoms with Crippen LogP contribution in [0.2, 0.25) is 0 Å². The zero-order valence-corrected chi connectivity index (χ0v) is 14.1. The Kier molecular flexibility index (Phi) is 3.89. The predicted octanol–water partition coefficient (Wildman–Crippen LogP) is 2.38. The van der Waals surface area contributed by atoms with E-state index in [0.29, 0.717) is 18.1 Å². The summed E-state index contributed by atoms with van der Waals surface area (Å²) in [5, 5.41) is 17.1. The Bertz CT molecular complexity index is 861. The van der Waals surface area contributed by atoms with E-state index in [9.17, 15) is 4.79 Å². The van der Waals surface area contributed by atoms with Crippen LogP contribution in [0.5, 0.6) is 0 Å². The van der Waals surface area contributed by atoms with E-state index in [0.717, 1.165) is 30.8 Å².